The molecular formula is C53H50S2. The maximum atomic E-state index is 4.78. The van der Waals surface area contributed by atoms with Crippen LogP contribution >= 0.6 is 24.4 Å². The van der Waals surface area contributed by atoms with Gasteiger partial charge in [0.25, 0.3) is 0 Å². The summed E-state index contributed by atoms with van der Waals surface area (Å²) in [6.45, 7) is 17.8. The van der Waals surface area contributed by atoms with Crippen molar-refractivity contribution in [2.75, 3.05) is 0 Å². The molecule has 5 aromatic rings. The van der Waals surface area contributed by atoms with Crippen LogP contribution < -0.4 is 10.4 Å². The highest BCUT2D eigenvalue weighted by Crippen LogP contribution is 2.67. The number of thioether (sulfide) groups is 1. The van der Waals surface area contributed by atoms with Gasteiger partial charge in [-0.25, -0.2) is 0 Å². The summed E-state index contributed by atoms with van der Waals surface area (Å²) in [4.78, 5) is 1.39. The summed E-state index contributed by atoms with van der Waals surface area (Å²) in [6.07, 6.45) is 18.6. The predicted octanol–water partition coefficient (Wildman–Crippen LogP) is 13.6. The third-order valence-corrected chi connectivity index (χ3v) is 13.1. The third kappa shape index (κ3) is 7.90. The first-order valence-electron chi connectivity index (χ1n) is 19.2. The van der Waals surface area contributed by atoms with Crippen LogP contribution in [0.25, 0.3) is 38.3 Å². The molecule has 1 atom stereocenters. The minimum Gasteiger partial charge on any atom is -0.152 e. The molecule has 1 heterocycles. The number of thiol groups is 1. The molecule has 274 valence electrons. The van der Waals surface area contributed by atoms with Crippen molar-refractivity contribution in [3.63, 3.8) is 0 Å². The third-order valence-electron chi connectivity index (χ3n) is 11.1. The van der Waals surface area contributed by atoms with Crippen molar-refractivity contribution in [3.8, 4) is 0 Å². The van der Waals surface area contributed by atoms with E-state index in [0.29, 0.717) is 0 Å². The van der Waals surface area contributed by atoms with Gasteiger partial charge >= 0.3 is 0 Å². The number of hydrogen-bond acceptors (Lipinski definition) is 2. The molecule has 2 heteroatoms. The molecule has 1 saturated heterocycles. The zero-order valence-electron chi connectivity index (χ0n) is 32.9. The van der Waals surface area contributed by atoms with Gasteiger partial charge in [-0.3, -0.25) is 0 Å². The van der Waals surface area contributed by atoms with Gasteiger partial charge in [0.15, 0.2) is 0 Å². The smallest absolute Gasteiger partial charge is 0.113 e. The summed E-state index contributed by atoms with van der Waals surface area (Å²) in [5.41, 5.74) is 11.4. The highest BCUT2D eigenvalue weighted by atomic mass is 32.2. The van der Waals surface area contributed by atoms with Crippen LogP contribution in [0.3, 0.4) is 0 Å². The molecule has 0 saturated carbocycles. The maximum absolute atomic E-state index is 4.78. The van der Waals surface area contributed by atoms with Crippen molar-refractivity contribution in [1.82, 2.24) is 0 Å². The van der Waals surface area contributed by atoms with Gasteiger partial charge in [0.05, 0.1) is 0 Å². The van der Waals surface area contributed by atoms with Gasteiger partial charge in [0.1, 0.15) is 4.08 Å². The van der Waals surface area contributed by atoms with E-state index in [0.717, 1.165) is 12.0 Å². The Morgan fingerprint density at radius 1 is 0.782 bits per heavy atom. The van der Waals surface area contributed by atoms with E-state index < -0.39 is 0 Å². The van der Waals surface area contributed by atoms with E-state index in [1.165, 1.54) is 81.4 Å². The second-order valence-corrected chi connectivity index (χ2v) is 17.4. The van der Waals surface area contributed by atoms with E-state index in [1.807, 2.05) is 11.8 Å². The first-order valence-corrected chi connectivity index (χ1v) is 20.5. The van der Waals surface area contributed by atoms with Gasteiger partial charge in [-0.1, -0.05) is 178 Å². The molecule has 0 spiro atoms. The first-order chi connectivity index (χ1) is 26.5. The molecule has 2 bridgehead atoms. The lowest BCUT2D eigenvalue weighted by atomic mass is 9.77. The lowest BCUT2D eigenvalue weighted by molar-refractivity contribution is 0.646. The summed E-state index contributed by atoms with van der Waals surface area (Å²) in [5, 5.41) is 7.81. The van der Waals surface area contributed by atoms with Crippen LogP contribution in [0.1, 0.15) is 57.7 Å². The zero-order chi connectivity index (χ0) is 38.7. The molecule has 0 aromatic heterocycles. The Morgan fingerprint density at radius 2 is 1.44 bits per heavy atom. The van der Waals surface area contributed by atoms with Crippen molar-refractivity contribution in [2.24, 2.45) is 5.41 Å². The van der Waals surface area contributed by atoms with E-state index in [4.69, 9.17) is 12.6 Å². The lowest BCUT2D eigenvalue weighted by Crippen LogP contribution is -2.34. The van der Waals surface area contributed by atoms with Gasteiger partial charge in [0.2, 0.25) is 0 Å². The fourth-order valence-electron chi connectivity index (χ4n) is 7.92. The van der Waals surface area contributed by atoms with E-state index >= 15 is 0 Å². The maximum Gasteiger partial charge on any atom is 0.113 e. The SMILES string of the molecule is C/C=C(\C)c1ccc2ccccccc3ccc1c2c3C.C=C(/C=C\C1=CC2(S)SC2=C1C)/C1=c2\cccc\c2=C(/c2ccccc2)C(C)(C)/C=C\C=C/C1. The number of fused-ring (bicyclic) bond motifs is 3. The Labute approximate surface area is 337 Å². The predicted molar refractivity (Wildman–Crippen MR) is 247 cm³/mol. The largest absolute Gasteiger partial charge is 0.152 e. The first kappa shape index (κ1) is 38.3. The summed E-state index contributed by atoms with van der Waals surface area (Å²) in [7, 11) is 0. The van der Waals surface area contributed by atoms with Crippen LogP contribution in [0.5, 0.6) is 0 Å². The van der Waals surface area contributed by atoms with Crippen LogP contribution in [-0.2, 0) is 0 Å². The topological polar surface area (TPSA) is 0 Å². The minimum atomic E-state index is -0.140. The monoisotopic (exact) mass is 750 g/mol. The zero-order valence-corrected chi connectivity index (χ0v) is 34.6. The summed E-state index contributed by atoms with van der Waals surface area (Å²) >= 11 is 6.62. The molecule has 5 aromatic carbocycles. The molecule has 2 aliphatic carbocycles. The van der Waals surface area contributed by atoms with E-state index in [9.17, 15) is 0 Å². The van der Waals surface area contributed by atoms with Gasteiger partial charge < -0.3 is 0 Å². The number of hydrogen-bond donors (Lipinski definition) is 1. The Bertz CT molecular complexity index is 2670. The number of allylic oxidation sites excluding steroid dienone is 11. The molecule has 1 unspecified atom stereocenters. The quantitative estimate of drug-likeness (QED) is 0.106. The van der Waals surface area contributed by atoms with E-state index in [1.54, 1.807) is 0 Å². The average Bonchev–Trinajstić information content (AvgIpc) is 3.80. The molecule has 0 N–H and O–H groups in total. The van der Waals surface area contributed by atoms with Crippen molar-refractivity contribution in [2.45, 2.75) is 52.0 Å². The molecule has 0 radical (unpaired) electrons. The van der Waals surface area contributed by atoms with E-state index in [2.05, 4.69) is 212 Å². The van der Waals surface area contributed by atoms with Crippen molar-refractivity contribution in [3.05, 3.63) is 219 Å². The average molecular weight is 751 g/mol. The van der Waals surface area contributed by atoms with Crippen LogP contribution in [-0.4, -0.2) is 4.08 Å². The lowest BCUT2D eigenvalue weighted by Gasteiger charge is -2.26. The van der Waals surface area contributed by atoms with Gasteiger partial charge in [-0.05, 0) is 122 Å². The molecule has 3 aliphatic rings. The normalized spacial score (nSPS) is 21.9. The van der Waals surface area contributed by atoms with Gasteiger partial charge in [0, 0.05) is 10.3 Å². The second-order valence-electron chi connectivity index (χ2n) is 15.2. The number of benzene rings is 4. The molecule has 1 fully saturated rings. The second kappa shape index (κ2) is 16.0. The van der Waals surface area contributed by atoms with Crippen LogP contribution in [0.4, 0.5) is 0 Å². The van der Waals surface area contributed by atoms with Crippen molar-refractivity contribution >= 4 is 62.7 Å². The summed E-state index contributed by atoms with van der Waals surface area (Å²) in [5.74, 6) is 0. The minimum absolute atomic E-state index is 0.0680. The molecule has 1 aliphatic heterocycles. The van der Waals surface area contributed by atoms with Crippen LogP contribution in [0.2, 0.25) is 0 Å². The van der Waals surface area contributed by atoms with Gasteiger partial charge in [-0.2, -0.15) is 12.6 Å². The molecular weight excluding hydrogens is 701 g/mol. The Kier molecular flexibility index (Phi) is 11.1. The van der Waals surface area contributed by atoms with Crippen LogP contribution in [0, 0.1) is 12.3 Å². The number of rotatable bonds is 5. The summed E-state index contributed by atoms with van der Waals surface area (Å²) < 4.78 is -0.0680. The summed E-state index contributed by atoms with van der Waals surface area (Å²) in [6, 6.07) is 41.3. The number of aryl methyl sites for hydroxylation is 1. The Hall–Kier alpha value is -5.02. The molecule has 0 nitrogen and oxygen atoms in total. The highest BCUT2D eigenvalue weighted by Gasteiger charge is 2.50. The van der Waals surface area contributed by atoms with Crippen molar-refractivity contribution < 1.29 is 0 Å². The Balaban J connectivity index is 0.000000190. The molecule has 0 amide bonds. The standard InChI is InChI=1S/C32H30S2.C21H20/c1-22(18-19-25-21-32(33)30(34-32)23(25)2)26-15-9-6-12-20-31(3,4)29(24-13-7-5-8-14-24)28-17-11-10-16-27(26)28;1-4-15(2)19-13-12-18-10-8-6-5-7-9-17-11-14-20(19)21(18)16(17)3/h5-14,16-21,33H,1,15H2,2-4H3;4-14H,1-3H3/b9-6-,19-18-,20-12-,27-26+,29-28-;6-5?,7-5?,8-6?,9-7?,10-8?,15-4+,17-9?,18-10?. The Morgan fingerprint density at radius 3 is 2.15 bits per heavy atom. The van der Waals surface area contributed by atoms with Gasteiger partial charge in [-0.15, -0.1) is 11.8 Å². The fourth-order valence-corrected chi connectivity index (χ4v) is 9.43. The molecule has 55 heavy (non-hydrogen) atoms. The molecule has 8 rings (SSSR count). The fraction of sp³-hybridized carbons (Fsp3) is 0.170. The van der Waals surface area contributed by atoms with Crippen LogP contribution in [0.15, 0.2) is 192 Å². The van der Waals surface area contributed by atoms with Crippen molar-refractivity contribution in [1.29, 1.82) is 0 Å². The van der Waals surface area contributed by atoms with E-state index in [-0.39, 0.29) is 9.49 Å². The highest BCUT2D eigenvalue weighted by molar-refractivity contribution is 8.23.